The Labute approximate surface area is 114 Å². The summed E-state index contributed by atoms with van der Waals surface area (Å²) in [6.45, 7) is 2.03. The number of hydrogen-bond acceptors (Lipinski definition) is 5. The van der Waals surface area contributed by atoms with Gasteiger partial charge in [0.05, 0.1) is 12.2 Å². The van der Waals surface area contributed by atoms with Gasteiger partial charge in [-0.2, -0.15) is 5.10 Å². The molecule has 0 aliphatic rings. The summed E-state index contributed by atoms with van der Waals surface area (Å²) in [5.74, 6) is -0.798. The first-order chi connectivity index (χ1) is 9.11. The summed E-state index contributed by atoms with van der Waals surface area (Å²) in [5, 5.41) is 8.85. The first-order valence-corrected chi connectivity index (χ1v) is 6.55. The summed E-state index contributed by atoms with van der Waals surface area (Å²) in [6, 6.07) is 3.23. The summed E-state index contributed by atoms with van der Waals surface area (Å²) in [5.41, 5.74) is 0.654. The van der Waals surface area contributed by atoms with Crippen LogP contribution in [0, 0.1) is 0 Å². The fourth-order valence-electron chi connectivity index (χ4n) is 1.48. The van der Waals surface area contributed by atoms with E-state index in [0.29, 0.717) is 22.9 Å². The second-order valence-corrected chi connectivity index (χ2v) is 4.63. The highest BCUT2D eigenvalue weighted by molar-refractivity contribution is 7.14. The van der Waals surface area contributed by atoms with Gasteiger partial charge in [0.25, 0.3) is 5.91 Å². The number of carbonyl (C=O) groups excluding carboxylic acids is 2. The molecule has 2 heterocycles. The summed E-state index contributed by atoms with van der Waals surface area (Å²) in [7, 11) is 1.73. The van der Waals surface area contributed by atoms with E-state index in [4.69, 9.17) is 4.74 Å². The molecule has 2 rings (SSSR count). The number of esters is 1. The van der Waals surface area contributed by atoms with Crippen LogP contribution in [-0.2, 0) is 11.8 Å². The first-order valence-electron chi connectivity index (χ1n) is 5.67. The zero-order chi connectivity index (χ0) is 13.8. The van der Waals surface area contributed by atoms with Crippen molar-refractivity contribution in [2.75, 3.05) is 11.9 Å². The maximum atomic E-state index is 11.9. The maximum absolute atomic E-state index is 11.9. The van der Waals surface area contributed by atoms with Crippen LogP contribution in [0.4, 0.5) is 5.00 Å². The Bertz CT molecular complexity index is 603. The predicted molar refractivity (Wildman–Crippen MR) is 71.4 cm³/mol. The highest BCUT2D eigenvalue weighted by atomic mass is 32.1. The Morgan fingerprint density at radius 1 is 1.47 bits per heavy atom. The van der Waals surface area contributed by atoms with Crippen molar-refractivity contribution in [1.82, 2.24) is 9.78 Å². The van der Waals surface area contributed by atoms with Gasteiger partial charge in [-0.05, 0) is 24.4 Å². The van der Waals surface area contributed by atoms with Gasteiger partial charge in [0.15, 0.2) is 5.69 Å². The number of ether oxygens (including phenoxy) is 1. The molecular formula is C12H13N3O3S. The second kappa shape index (κ2) is 5.66. The molecule has 0 unspecified atom stereocenters. The number of nitrogens with one attached hydrogen (secondary N) is 1. The number of anilines is 1. The summed E-state index contributed by atoms with van der Waals surface area (Å²) in [4.78, 5) is 23.6. The number of carbonyl (C=O) groups is 2. The third kappa shape index (κ3) is 3.00. The minimum absolute atomic E-state index is 0.294. The second-order valence-electron chi connectivity index (χ2n) is 3.71. The molecule has 100 valence electrons. The molecule has 0 atom stereocenters. The quantitative estimate of drug-likeness (QED) is 0.868. The molecule has 0 radical (unpaired) electrons. The van der Waals surface area contributed by atoms with Crippen LogP contribution in [-0.4, -0.2) is 28.3 Å². The Kier molecular flexibility index (Phi) is 3.96. The van der Waals surface area contributed by atoms with Crippen LogP contribution in [0.25, 0.3) is 0 Å². The number of hydrogen-bond donors (Lipinski definition) is 1. The zero-order valence-corrected chi connectivity index (χ0v) is 11.4. The molecular weight excluding hydrogens is 266 g/mol. The topological polar surface area (TPSA) is 73.2 Å². The van der Waals surface area contributed by atoms with E-state index in [1.165, 1.54) is 16.0 Å². The molecule has 0 bridgehead atoms. The van der Waals surface area contributed by atoms with Crippen molar-refractivity contribution < 1.29 is 14.3 Å². The van der Waals surface area contributed by atoms with Crippen LogP contribution in [0.5, 0.6) is 0 Å². The molecule has 2 aromatic heterocycles. The van der Waals surface area contributed by atoms with Crippen LogP contribution in [0.15, 0.2) is 23.7 Å². The number of thiophene rings is 1. The number of aryl methyl sites for hydroxylation is 1. The molecule has 0 fully saturated rings. The molecule has 0 saturated heterocycles. The summed E-state index contributed by atoms with van der Waals surface area (Å²) < 4.78 is 6.45. The van der Waals surface area contributed by atoms with E-state index in [1.807, 2.05) is 0 Å². The Morgan fingerprint density at radius 3 is 2.89 bits per heavy atom. The van der Waals surface area contributed by atoms with Gasteiger partial charge in [0, 0.05) is 13.2 Å². The lowest BCUT2D eigenvalue weighted by Gasteiger charge is -2.04. The van der Waals surface area contributed by atoms with Gasteiger partial charge < -0.3 is 10.1 Å². The van der Waals surface area contributed by atoms with Crippen molar-refractivity contribution in [3.05, 3.63) is 35.0 Å². The number of rotatable bonds is 4. The Hall–Kier alpha value is -2.15. The Balaban J connectivity index is 2.13. The SMILES string of the molecule is CCOC(=O)c1ccsc1NC(=O)c1ccn(C)n1. The molecule has 6 nitrogen and oxygen atoms in total. The minimum Gasteiger partial charge on any atom is -0.462 e. The van der Waals surface area contributed by atoms with Crippen LogP contribution in [0.2, 0.25) is 0 Å². The highest BCUT2D eigenvalue weighted by Gasteiger charge is 2.17. The van der Waals surface area contributed by atoms with Gasteiger partial charge in [-0.3, -0.25) is 9.48 Å². The lowest BCUT2D eigenvalue weighted by Crippen LogP contribution is -2.15. The van der Waals surface area contributed by atoms with Crippen LogP contribution >= 0.6 is 11.3 Å². The molecule has 2 aromatic rings. The van der Waals surface area contributed by atoms with E-state index in [2.05, 4.69) is 10.4 Å². The largest absolute Gasteiger partial charge is 0.462 e. The smallest absolute Gasteiger partial charge is 0.341 e. The fourth-order valence-corrected chi connectivity index (χ4v) is 2.25. The summed E-state index contributed by atoms with van der Waals surface area (Å²) in [6.07, 6.45) is 1.68. The average Bonchev–Trinajstić information content (AvgIpc) is 2.98. The molecule has 0 aliphatic heterocycles. The zero-order valence-electron chi connectivity index (χ0n) is 10.5. The fraction of sp³-hybridized carbons (Fsp3) is 0.250. The van der Waals surface area contributed by atoms with Gasteiger partial charge in [-0.25, -0.2) is 4.79 Å². The monoisotopic (exact) mass is 279 g/mol. The van der Waals surface area contributed by atoms with Gasteiger partial charge in [-0.1, -0.05) is 0 Å². The van der Waals surface area contributed by atoms with Crippen molar-refractivity contribution in [3.8, 4) is 0 Å². The average molecular weight is 279 g/mol. The van der Waals surface area contributed by atoms with Crippen LogP contribution in [0.3, 0.4) is 0 Å². The van der Waals surface area contributed by atoms with E-state index in [-0.39, 0.29) is 5.91 Å². The van der Waals surface area contributed by atoms with Crippen molar-refractivity contribution in [2.45, 2.75) is 6.92 Å². The van der Waals surface area contributed by atoms with Gasteiger partial charge in [0.2, 0.25) is 0 Å². The van der Waals surface area contributed by atoms with E-state index < -0.39 is 5.97 Å². The van der Waals surface area contributed by atoms with Crippen LogP contribution < -0.4 is 5.32 Å². The minimum atomic E-state index is -0.444. The van der Waals surface area contributed by atoms with E-state index in [1.54, 1.807) is 37.7 Å². The molecule has 19 heavy (non-hydrogen) atoms. The number of amides is 1. The number of aromatic nitrogens is 2. The Morgan fingerprint density at radius 2 is 2.26 bits per heavy atom. The van der Waals surface area contributed by atoms with Crippen molar-refractivity contribution >= 4 is 28.2 Å². The van der Waals surface area contributed by atoms with Crippen molar-refractivity contribution in [1.29, 1.82) is 0 Å². The molecule has 0 aromatic carbocycles. The van der Waals surface area contributed by atoms with E-state index in [9.17, 15) is 9.59 Å². The maximum Gasteiger partial charge on any atom is 0.341 e. The van der Waals surface area contributed by atoms with Gasteiger partial charge in [-0.15, -0.1) is 11.3 Å². The van der Waals surface area contributed by atoms with Crippen molar-refractivity contribution in [3.63, 3.8) is 0 Å². The third-order valence-corrected chi connectivity index (χ3v) is 3.16. The predicted octanol–water partition coefficient (Wildman–Crippen LogP) is 1.91. The summed E-state index contributed by atoms with van der Waals surface area (Å²) >= 11 is 1.27. The van der Waals surface area contributed by atoms with Gasteiger partial charge in [0.1, 0.15) is 5.00 Å². The molecule has 0 aliphatic carbocycles. The highest BCUT2D eigenvalue weighted by Crippen LogP contribution is 2.24. The lowest BCUT2D eigenvalue weighted by atomic mass is 10.3. The molecule has 7 heteroatoms. The normalized spacial score (nSPS) is 10.2. The molecule has 0 spiro atoms. The van der Waals surface area contributed by atoms with Crippen molar-refractivity contribution in [2.24, 2.45) is 7.05 Å². The molecule has 1 amide bonds. The van der Waals surface area contributed by atoms with E-state index >= 15 is 0 Å². The lowest BCUT2D eigenvalue weighted by molar-refractivity contribution is 0.0528. The van der Waals surface area contributed by atoms with Gasteiger partial charge >= 0.3 is 5.97 Å². The van der Waals surface area contributed by atoms with Crippen LogP contribution in [0.1, 0.15) is 27.8 Å². The van der Waals surface area contributed by atoms with E-state index in [0.717, 1.165) is 0 Å². The molecule has 1 N–H and O–H groups in total. The number of nitrogens with zero attached hydrogens (tertiary/aromatic N) is 2. The first kappa shape index (κ1) is 13.3. The standard InChI is InChI=1S/C12H13N3O3S/c1-3-18-12(17)8-5-7-19-11(8)13-10(16)9-4-6-15(2)14-9/h4-7H,3H2,1-2H3,(H,13,16). The third-order valence-electron chi connectivity index (χ3n) is 2.33. The molecule has 0 saturated carbocycles.